The molecule has 1 aromatic carbocycles. The topological polar surface area (TPSA) is 90.0 Å². The molecule has 3 saturated heterocycles. The first-order valence-corrected chi connectivity index (χ1v) is 18.3. The average Bonchev–Trinajstić information content (AvgIpc) is 3.02. The highest BCUT2D eigenvalue weighted by Crippen LogP contribution is 2.35. The van der Waals surface area contributed by atoms with Crippen molar-refractivity contribution in [2.75, 3.05) is 52.4 Å². The minimum absolute atomic E-state index is 0.0252. The van der Waals surface area contributed by atoms with E-state index in [0.717, 1.165) is 63.3 Å². The SMILES string of the molecule is CCC(C)S(=O)(=O)N1CCC(CN2CCN(C3(S)CCN(C(=O)c4c(C)ncnc4C)CC3)CC2C)CC1.Fc1ccccc1. The first-order chi connectivity index (χ1) is 21.4. The molecule has 12 heteroatoms. The number of rotatable bonds is 7. The lowest BCUT2D eigenvalue weighted by Gasteiger charge is -2.51. The molecule has 0 aliphatic carbocycles. The fourth-order valence-electron chi connectivity index (χ4n) is 6.65. The third-order valence-electron chi connectivity index (χ3n) is 9.89. The number of nitrogens with zero attached hydrogens (tertiary/aromatic N) is 6. The maximum absolute atomic E-state index is 13.2. The number of hydrogen-bond acceptors (Lipinski definition) is 8. The molecule has 9 nitrogen and oxygen atoms in total. The first-order valence-electron chi connectivity index (χ1n) is 16.3. The molecular weight excluding hydrogens is 612 g/mol. The zero-order valence-corrected chi connectivity index (χ0v) is 29.2. The van der Waals surface area contributed by atoms with Gasteiger partial charge in [0, 0.05) is 58.4 Å². The zero-order chi connectivity index (χ0) is 32.8. The van der Waals surface area contributed by atoms with Gasteiger partial charge in [-0.05, 0) is 77.8 Å². The van der Waals surface area contributed by atoms with E-state index in [1.807, 2.05) is 32.6 Å². The summed E-state index contributed by atoms with van der Waals surface area (Å²) in [5, 5.41) is -0.300. The van der Waals surface area contributed by atoms with Gasteiger partial charge in [-0.25, -0.2) is 27.1 Å². The molecule has 1 amide bonds. The third kappa shape index (κ3) is 8.82. The number of aromatic nitrogens is 2. The standard InChI is InChI=1S/C27H46N6O3S2.C6H5F/c1-6-21(3)38(35,36)33-11-7-24(8-12-33)18-31-15-16-32(17-20(31)2)27(37)9-13-30(14-10-27)26(34)25-22(4)28-19-29-23(25)5;7-6-4-2-1-3-5-6/h19-21,24,37H,6-18H2,1-5H3;1-5H. The maximum Gasteiger partial charge on any atom is 0.257 e. The Morgan fingerprint density at radius 3 is 2.13 bits per heavy atom. The van der Waals surface area contributed by atoms with Gasteiger partial charge in [-0.1, -0.05) is 25.1 Å². The van der Waals surface area contributed by atoms with Crippen molar-refractivity contribution in [1.29, 1.82) is 0 Å². The van der Waals surface area contributed by atoms with E-state index in [4.69, 9.17) is 12.6 Å². The molecule has 2 aromatic rings. The van der Waals surface area contributed by atoms with E-state index in [2.05, 4.69) is 26.7 Å². The van der Waals surface area contributed by atoms with Crippen LogP contribution in [-0.4, -0.2) is 112 Å². The lowest BCUT2D eigenvalue weighted by atomic mass is 9.95. The number of benzene rings is 1. The zero-order valence-electron chi connectivity index (χ0n) is 27.5. The average molecular weight is 663 g/mol. The largest absolute Gasteiger partial charge is 0.338 e. The molecule has 0 N–H and O–H groups in total. The summed E-state index contributed by atoms with van der Waals surface area (Å²) in [4.78, 5) is 28.5. The van der Waals surface area contributed by atoms with Crippen LogP contribution in [0.2, 0.25) is 0 Å². The van der Waals surface area contributed by atoms with Gasteiger partial charge in [-0.15, -0.1) is 0 Å². The second-order valence-corrected chi connectivity index (χ2v) is 16.1. The van der Waals surface area contributed by atoms with Gasteiger partial charge >= 0.3 is 0 Å². The normalized spacial score (nSPS) is 22.8. The van der Waals surface area contributed by atoms with Gasteiger partial charge in [0.1, 0.15) is 12.1 Å². The number of piperazine rings is 1. The van der Waals surface area contributed by atoms with Gasteiger partial charge in [0.25, 0.3) is 5.91 Å². The summed E-state index contributed by atoms with van der Waals surface area (Å²) in [6.45, 7) is 16.4. The number of piperidine rings is 2. The number of carbonyl (C=O) groups is 1. The molecule has 2 unspecified atom stereocenters. The van der Waals surface area contributed by atoms with E-state index in [0.29, 0.717) is 50.1 Å². The van der Waals surface area contributed by atoms with Crippen molar-refractivity contribution in [2.45, 2.75) is 82.9 Å². The van der Waals surface area contributed by atoms with E-state index >= 15 is 0 Å². The Hall–Kier alpha value is -2.12. The Labute approximate surface area is 275 Å². The maximum atomic E-state index is 13.2. The minimum atomic E-state index is -3.16. The van der Waals surface area contributed by atoms with Gasteiger partial charge < -0.3 is 4.90 Å². The molecule has 5 rings (SSSR count). The van der Waals surface area contributed by atoms with Crippen molar-refractivity contribution in [3.63, 3.8) is 0 Å². The number of halogens is 1. The summed E-state index contributed by atoms with van der Waals surface area (Å²) >= 11 is 5.17. The summed E-state index contributed by atoms with van der Waals surface area (Å²) in [5.41, 5.74) is 2.10. The smallest absolute Gasteiger partial charge is 0.257 e. The van der Waals surface area contributed by atoms with E-state index in [1.165, 1.54) is 18.5 Å². The van der Waals surface area contributed by atoms with Crippen LogP contribution in [0.5, 0.6) is 0 Å². The predicted molar refractivity (Wildman–Crippen MR) is 180 cm³/mol. The summed E-state index contributed by atoms with van der Waals surface area (Å²) in [6.07, 6.45) is 5.72. The molecule has 0 spiro atoms. The van der Waals surface area contributed by atoms with Crippen LogP contribution in [0.1, 0.15) is 74.6 Å². The van der Waals surface area contributed by atoms with Gasteiger partial charge in [0.2, 0.25) is 10.0 Å². The molecule has 0 saturated carbocycles. The highest BCUT2D eigenvalue weighted by atomic mass is 32.2. The Morgan fingerprint density at radius 2 is 1.62 bits per heavy atom. The second-order valence-electron chi connectivity index (χ2n) is 12.9. The molecular formula is C33H51FN6O3S2. The summed E-state index contributed by atoms with van der Waals surface area (Å²) in [7, 11) is -3.16. The van der Waals surface area contributed by atoms with Crippen LogP contribution >= 0.6 is 12.6 Å². The van der Waals surface area contributed by atoms with E-state index in [1.54, 1.807) is 22.5 Å². The molecule has 4 heterocycles. The van der Waals surface area contributed by atoms with Crippen molar-refractivity contribution < 1.29 is 17.6 Å². The molecule has 3 fully saturated rings. The number of carbonyl (C=O) groups excluding carboxylic acids is 1. The quantitative estimate of drug-likeness (QED) is 0.433. The van der Waals surface area contributed by atoms with Crippen molar-refractivity contribution >= 4 is 28.6 Å². The number of likely N-dealkylation sites (tertiary alicyclic amines) is 1. The van der Waals surface area contributed by atoms with Crippen LogP contribution in [0.25, 0.3) is 0 Å². The third-order valence-corrected chi connectivity index (χ3v) is 13.1. The first kappa shape index (κ1) is 35.7. The summed E-state index contributed by atoms with van der Waals surface area (Å²) in [5.74, 6) is 0.389. The van der Waals surface area contributed by atoms with Crippen LogP contribution in [0.4, 0.5) is 4.39 Å². The van der Waals surface area contributed by atoms with Crippen LogP contribution in [0.15, 0.2) is 36.7 Å². The second kappa shape index (κ2) is 15.6. The molecule has 45 heavy (non-hydrogen) atoms. The van der Waals surface area contributed by atoms with Gasteiger partial charge in [0.05, 0.1) is 27.1 Å². The van der Waals surface area contributed by atoms with Crippen molar-refractivity contribution in [3.8, 4) is 0 Å². The number of aryl methyl sites for hydroxylation is 2. The monoisotopic (exact) mass is 662 g/mol. The van der Waals surface area contributed by atoms with E-state index < -0.39 is 10.0 Å². The van der Waals surface area contributed by atoms with Crippen molar-refractivity contribution in [3.05, 3.63) is 59.4 Å². The van der Waals surface area contributed by atoms with Crippen molar-refractivity contribution in [2.24, 2.45) is 5.92 Å². The summed E-state index contributed by atoms with van der Waals surface area (Å²) < 4.78 is 39.1. The van der Waals surface area contributed by atoms with Gasteiger partial charge in [0.15, 0.2) is 0 Å². The Kier molecular flexibility index (Phi) is 12.4. The highest BCUT2D eigenvalue weighted by molar-refractivity contribution is 7.89. The number of amides is 1. The molecule has 3 aliphatic heterocycles. The van der Waals surface area contributed by atoms with Crippen LogP contribution in [0, 0.1) is 25.6 Å². The highest BCUT2D eigenvalue weighted by Gasteiger charge is 2.41. The lowest BCUT2D eigenvalue weighted by molar-refractivity contribution is 0.00861. The fourth-order valence-corrected chi connectivity index (χ4v) is 8.68. The molecule has 250 valence electrons. The number of hydrogen-bond donors (Lipinski definition) is 1. The Morgan fingerprint density at radius 1 is 1.02 bits per heavy atom. The number of thiol groups is 1. The summed E-state index contributed by atoms with van der Waals surface area (Å²) in [6, 6.07) is 8.36. The van der Waals surface area contributed by atoms with Crippen LogP contribution < -0.4 is 0 Å². The van der Waals surface area contributed by atoms with E-state index in [-0.39, 0.29) is 21.8 Å². The fraction of sp³-hybridized carbons (Fsp3) is 0.667. The van der Waals surface area contributed by atoms with Crippen LogP contribution in [-0.2, 0) is 10.0 Å². The van der Waals surface area contributed by atoms with Crippen molar-refractivity contribution in [1.82, 2.24) is 29.0 Å². The lowest BCUT2D eigenvalue weighted by Crippen LogP contribution is -2.61. The minimum Gasteiger partial charge on any atom is -0.338 e. The van der Waals surface area contributed by atoms with Gasteiger partial charge in [-0.2, -0.15) is 12.6 Å². The molecule has 0 radical (unpaired) electrons. The Bertz CT molecular complexity index is 1350. The number of sulfonamides is 1. The molecule has 3 aliphatic rings. The van der Waals surface area contributed by atoms with Gasteiger partial charge in [-0.3, -0.25) is 14.6 Å². The van der Waals surface area contributed by atoms with E-state index in [9.17, 15) is 17.6 Å². The predicted octanol–water partition coefficient (Wildman–Crippen LogP) is 4.63. The Balaban J connectivity index is 0.000000580. The molecule has 2 atom stereocenters. The molecule has 1 aromatic heterocycles. The molecule has 0 bridgehead atoms. The van der Waals surface area contributed by atoms with Crippen LogP contribution in [0.3, 0.4) is 0 Å².